The summed E-state index contributed by atoms with van der Waals surface area (Å²) < 4.78 is 1.71. The third kappa shape index (κ3) is 3.37. The fourth-order valence-electron chi connectivity index (χ4n) is 2.77. The summed E-state index contributed by atoms with van der Waals surface area (Å²) in [7, 11) is 0. The minimum Gasteiger partial charge on any atom is -0.337 e. The van der Waals surface area contributed by atoms with E-state index in [1.165, 1.54) is 0 Å². The molecule has 0 saturated carbocycles. The quantitative estimate of drug-likeness (QED) is 0.855. The number of amides is 1. The number of carbonyl (C=O) groups excluding carboxylic acids is 1. The number of aryl methyl sites for hydroxylation is 1. The maximum absolute atomic E-state index is 12.5. The van der Waals surface area contributed by atoms with Crippen molar-refractivity contribution < 1.29 is 4.79 Å². The molecule has 2 aromatic rings. The zero-order valence-corrected chi connectivity index (χ0v) is 13.0. The molecule has 1 saturated heterocycles. The van der Waals surface area contributed by atoms with Crippen LogP contribution in [0.4, 0.5) is 0 Å². The highest BCUT2D eigenvalue weighted by Gasteiger charge is 2.24. The van der Waals surface area contributed by atoms with E-state index in [-0.39, 0.29) is 11.8 Å². The van der Waals surface area contributed by atoms with E-state index in [0.717, 1.165) is 30.8 Å². The molecule has 0 bridgehead atoms. The largest absolute Gasteiger partial charge is 0.337 e. The third-order valence-electron chi connectivity index (χ3n) is 4.14. The lowest BCUT2D eigenvalue weighted by molar-refractivity contribution is 0.0699. The van der Waals surface area contributed by atoms with Gasteiger partial charge in [0.2, 0.25) is 0 Å². The molecule has 118 valence electrons. The van der Waals surface area contributed by atoms with Crippen molar-refractivity contribution in [3.8, 4) is 6.07 Å². The molecule has 2 heterocycles. The van der Waals surface area contributed by atoms with Crippen LogP contribution in [-0.4, -0.2) is 44.1 Å². The molecule has 3 rings (SSSR count). The Kier molecular flexibility index (Phi) is 4.33. The number of carbonyl (C=O) groups is 1. The maximum atomic E-state index is 12.5. The minimum atomic E-state index is -0.0465. The Morgan fingerprint density at radius 3 is 2.83 bits per heavy atom. The molecule has 1 atom stereocenters. The van der Waals surface area contributed by atoms with Gasteiger partial charge in [0.15, 0.2) is 0 Å². The molecule has 23 heavy (non-hydrogen) atoms. The van der Waals surface area contributed by atoms with Crippen LogP contribution < -0.4 is 0 Å². The van der Waals surface area contributed by atoms with Gasteiger partial charge >= 0.3 is 0 Å². The zero-order valence-electron chi connectivity index (χ0n) is 13.0. The van der Waals surface area contributed by atoms with Gasteiger partial charge in [-0.2, -0.15) is 5.26 Å². The van der Waals surface area contributed by atoms with Gasteiger partial charge in [0.1, 0.15) is 5.82 Å². The number of nitriles is 1. The van der Waals surface area contributed by atoms with Gasteiger partial charge in [0.25, 0.3) is 5.91 Å². The zero-order chi connectivity index (χ0) is 16.2. The average molecular weight is 310 g/mol. The van der Waals surface area contributed by atoms with Crippen LogP contribution in [0.5, 0.6) is 0 Å². The van der Waals surface area contributed by atoms with Gasteiger partial charge < -0.3 is 4.90 Å². The summed E-state index contributed by atoms with van der Waals surface area (Å²) in [5.41, 5.74) is 1.69. The first-order valence-electron chi connectivity index (χ1n) is 7.68. The molecule has 7 nitrogen and oxygen atoms in total. The molecule has 0 aliphatic carbocycles. The first-order chi connectivity index (χ1) is 11.2. The number of rotatable bonds is 3. The highest BCUT2D eigenvalue weighted by Crippen LogP contribution is 2.18. The van der Waals surface area contributed by atoms with Gasteiger partial charge in [-0.05, 0) is 47.9 Å². The Hall–Kier alpha value is -2.75. The van der Waals surface area contributed by atoms with Crippen molar-refractivity contribution >= 4 is 5.91 Å². The summed E-state index contributed by atoms with van der Waals surface area (Å²) in [5, 5.41) is 20.4. The van der Waals surface area contributed by atoms with Crippen molar-refractivity contribution in [2.45, 2.75) is 26.3 Å². The van der Waals surface area contributed by atoms with E-state index in [1.807, 2.05) is 31.2 Å². The smallest absolute Gasteiger partial charge is 0.253 e. The van der Waals surface area contributed by atoms with Gasteiger partial charge in [-0.25, -0.2) is 4.68 Å². The lowest BCUT2D eigenvalue weighted by Crippen LogP contribution is -2.39. The second-order valence-corrected chi connectivity index (χ2v) is 5.80. The van der Waals surface area contributed by atoms with Crippen molar-refractivity contribution in [2.75, 3.05) is 13.1 Å². The van der Waals surface area contributed by atoms with Crippen LogP contribution in [0.3, 0.4) is 0 Å². The highest BCUT2D eigenvalue weighted by atomic mass is 16.2. The van der Waals surface area contributed by atoms with E-state index < -0.39 is 0 Å². The lowest BCUT2D eigenvalue weighted by Gasteiger charge is -2.29. The number of hydrogen-bond acceptors (Lipinski definition) is 5. The summed E-state index contributed by atoms with van der Waals surface area (Å²) in [5.74, 6) is 0.700. The van der Waals surface area contributed by atoms with E-state index in [1.54, 1.807) is 9.58 Å². The molecule has 1 amide bonds. The molecule has 0 spiro atoms. The summed E-state index contributed by atoms with van der Waals surface area (Å²) in [4.78, 5) is 14.3. The van der Waals surface area contributed by atoms with Crippen molar-refractivity contribution in [1.29, 1.82) is 5.26 Å². The molecule has 0 radical (unpaired) electrons. The topological polar surface area (TPSA) is 87.7 Å². The SMILES string of the molecule is Cc1nnnn1Cc1ccc(C(=O)N2CCCC(C#N)C2)cc1. The number of nitrogens with zero attached hydrogens (tertiary/aromatic N) is 6. The van der Waals surface area contributed by atoms with E-state index in [9.17, 15) is 4.79 Å². The number of tetrazole rings is 1. The molecule has 1 aromatic heterocycles. The second-order valence-electron chi connectivity index (χ2n) is 5.80. The molecule has 0 N–H and O–H groups in total. The summed E-state index contributed by atoms with van der Waals surface area (Å²) >= 11 is 0. The second kappa shape index (κ2) is 6.57. The molecule has 1 aromatic carbocycles. The number of likely N-dealkylation sites (tertiary alicyclic amines) is 1. The van der Waals surface area contributed by atoms with E-state index in [2.05, 4.69) is 21.6 Å². The first kappa shape index (κ1) is 15.2. The van der Waals surface area contributed by atoms with Gasteiger partial charge in [-0.15, -0.1) is 5.10 Å². The third-order valence-corrected chi connectivity index (χ3v) is 4.14. The van der Waals surface area contributed by atoms with Crippen LogP contribution in [0, 0.1) is 24.2 Å². The number of benzene rings is 1. The number of aromatic nitrogens is 4. The first-order valence-corrected chi connectivity index (χ1v) is 7.68. The molecular weight excluding hydrogens is 292 g/mol. The number of hydrogen-bond donors (Lipinski definition) is 0. The Morgan fingerprint density at radius 2 is 2.17 bits per heavy atom. The number of piperidine rings is 1. The van der Waals surface area contributed by atoms with Crippen molar-refractivity contribution in [3.05, 3.63) is 41.2 Å². The maximum Gasteiger partial charge on any atom is 0.253 e. The Morgan fingerprint density at radius 1 is 1.39 bits per heavy atom. The van der Waals surface area contributed by atoms with Crippen molar-refractivity contribution in [2.24, 2.45) is 5.92 Å². The van der Waals surface area contributed by atoms with Crippen molar-refractivity contribution in [3.63, 3.8) is 0 Å². The van der Waals surface area contributed by atoms with E-state index >= 15 is 0 Å². The normalized spacial score (nSPS) is 17.7. The van der Waals surface area contributed by atoms with Crippen LogP contribution >= 0.6 is 0 Å². The van der Waals surface area contributed by atoms with Crippen LogP contribution in [0.15, 0.2) is 24.3 Å². The highest BCUT2D eigenvalue weighted by molar-refractivity contribution is 5.94. The minimum absolute atomic E-state index is 0.00453. The van der Waals surface area contributed by atoms with Crippen LogP contribution in [0.2, 0.25) is 0 Å². The molecule has 7 heteroatoms. The monoisotopic (exact) mass is 310 g/mol. The lowest BCUT2D eigenvalue weighted by atomic mass is 9.99. The summed E-state index contributed by atoms with van der Waals surface area (Å²) in [6.45, 7) is 3.68. The van der Waals surface area contributed by atoms with Crippen molar-refractivity contribution in [1.82, 2.24) is 25.1 Å². The van der Waals surface area contributed by atoms with E-state index in [0.29, 0.717) is 18.7 Å². The van der Waals surface area contributed by atoms with Crippen LogP contribution in [0.25, 0.3) is 0 Å². The fourth-order valence-corrected chi connectivity index (χ4v) is 2.77. The Bertz CT molecular complexity index is 730. The molecule has 1 aliphatic heterocycles. The van der Waals surface area contributed by atoms with Crippen LogP contribution in [-0.2, 0) is 6.54 Å². The van der Waals surface area contributed by atoms with Gasteiger partial charge in [-0.1, -0.05) is 12.1 Å². The predicted octanol–water partition coefficient (Wildman–Crippen LogP) is 1.41. The van der Waals surface area contributed by atoms with Gasteiger partial charge in [-0.3, -0.25) is 4.79 Å². The summed E-state index contributed by atoms with van der Waals surface area (Å²) in [6, 6.07) is 9.75. The fraction of sp³-hybridized carbons (Fsp3) is 0.438. The molecule has 1 aliphatic rings. The Labute approximate surface area is 134 Å². The average Bonchev–Trinajstić information content (AvgIpc) is 3.00. The predicted molar refractivity (Wildman–Crippen MR) is 82.3 cm³/mol. The summed E-state index contributed by atoms with van der Waals surface area (Å²) in [6.07, 6.45) is 1.77. The molecule has 1 fully saturated rings. The van der Waals surface area contributed by atoms with Gasteiger partial charge in [0, 0.05) is 18.7 Å². The Balaban J connectivity index is 1.68. The molecular formula is C16H18N6O. The van der Waals surface area contributed by atoms with Crippen LogP contribution in [0.1, 0.15) is 34.6 Å². The standard InChI is InChI=1S/C16H18N6O/c1-12-18-19-20-22(12)11-13-4-6-15(7-5-13)16(23)21-8-2-3-14(9-17)10-21/h4-7,14H,2-3,8,10-11H2,1H3. The molecule has 1 unspecified atom stereocenters. The van der Waals surface area contributed by atoms with Gasteiger partial charge in [0.05, 0.1) is 18.5 Å². The van der Waals surface area contributed by atoms with E-state index in [4.69, 9.17) is 5.26 Å².